The summed E-state index contributed by atoms with van der Waals surface area (Å²) < 4.78 is 28.3. The molecule has 1 heterocycles. The summed E-state index contributed by atoms with van der Waals surface area (Å²) in [5, 5.41) is 8.24. The smallest absolute Gasteiger partial charge is 0.251 e. The van der Waals surface area contributed by atoms with Crippen LogP contribution in [0.1, 0.15) is 19.0 Å². The minimum atomic E-state index is -3.12. The fourth-order valence-corrected chi connectivity index (χ4v) is 3.88. The van der Waals surface area contributed by atoms with Gasteiger partial charge in [-0.1, -0.05) is 24.3 Å². The van der Waals surface area contributed by atoms with E-state index in [0.29, 0.717) is 29.1 Å². The van der Waals surface area contributed by atoms with Gasteiger partial charge in [-0.05, 0) is 37.1 Å². The monoisotopic (exact) mass is 427 g/mol. The van der Waals surface area contributed by atoms with E-state index in [4.69, 9.17) is 4.74 Å². The van der Waals surface area contributed by atoms with Gasteiger partial charge in [0, 0.05) is 36.0 Å². The summed E-state index contributed by atoms with van der Waals surface area (Å²) in [6, 6.07) is 14.9. The Bertz CT molecular complexity index is 1180. The van der Waals surface area contributed by atoms with Gasteiger partial charge in [0.15, 0.2) is 0 Å². The highest BCUT2D eigenvalue weighted by Gasteiger charge is 2.17. The second-order valence-corrected chi connectivity index (χ2v) is 9.38. The van der Waals surface area contributed by atoms with Crippen molar-refractivity contribution in [3.05, 3.63) is 60.3 Å². The molecule has 0 fully saturated rings. The van der Waals surface area contributed by atoms with Gasteiger partial charge in [-0.2, -0.15) is 5.10 Å². The summed E-state index contributed by atoms with van der Waals surface area (Å²) in [5.41, 5.74) is 2.96. The van der Waals surface area contributed by atoms with E-state index in [0.717, 1.165) is 10.9 Å². The SMILES string of the molecule is COc1cccc(N(CCCS(C)(=O)=O)C(=O)/C=C(/C)c2n[nH]c3ccccc23)c1. The average Bonchev–Trinajstić information content (AvgIpc) is 3.14. The number of carbonyl (C=O) groups excluding carboxylic acids is 1. The number of allylic oxidation sites excluding steroid dienone is 1. The number of rotatable bonds is 8. The molecular weight excluding hydrogens is 402 g/mol. The van der Waals surface area contributed by atoms with Crippen molar-refractivity contribution in [3.8, 4) is 5.75 Å². The number of nitrogens with one attached hydrogen (secondary N) is 1. The molecule has 158 valence electrons. The maximum Gasteiger partial charge on any atom is 0.251 e. The lowest BCUT2D eigenvalue weighted by atomic mass is 10.1. The van der Waals surface area contributed by atoms with E-state index in [1.165, 1.54) is 12.3 Å². The van der Waals surface area contributed by atoms with Crippen molar-refractivity contribution >= 4 is 37.9 Å². The van der Waals surface area contributed by atoms with Gasteiger partial charge >= 0.3 is 0 Å². The summed E-state index contributed by atoms with van der Waals surface area (Å²) in [7, 11) is -1.56. The molecule has 30 heavy (non-hydrogen) atoms. The van der Waals surface area contributed by atoms with Gasteiger partial charge in [-0.25, -0.2) is 8.42 Å². The minimum absolute atomic E-state index is 0.00739. The highest BCUT2D eigenvalue weighted by atomic mass is 32.2. The number of benzene rings is 2. The van der Waals surface area contributed by atoms with Crippen molar-refractivity contribution in [2.45, 2.75) is 13.3 Å². The van der Waals surface area contributed by atoms with Crippen LogP contribution in [-0.4, -0.2) is 50.2 Å². The molecule has 0 saturated heterocycles. The summed E-state index contributed by atoms with van der Waals surface area (Å²) in [5.74, 6) is 0.377. The van der Waals surface area contributed by atoms with Crippen LogP contribution in [0.3, 0.4) is 0 Å². The van der Waals surface area contributed by atoms with Crippen LogP contribution in [0.15, 0.2) is 54.6 Å². The van der Waals surface area contributed by atoms with E-state index < -0.39 is 9.84 Å². The Morgan fingerprint density at radius 3 is 2.70 bits per heavy atom. The zero-order valence-corrected chi connectivity index (χ0v) is 18.1. The molecule has 0 aliphatic rings. The lowest BCUT2D eigenvalue weighted by Crippen LogP contribution is -2.31. The minimum Gasteiger partial charge on any atom is -0.497 e. The van der Waals surface area contributed by atoms with Gasteiger partial charge < -0.3 is 9.64 Å². The topological polar surface area (TPSA) is 92.4 Å². The fraction of sp³-hybridized carbons (Fsp3) is 0.273. The van der Waals surface area contributed by atoms with Crippen molar-refractivity contribution in [1.29, 1.82) is 0 Å². The zero-order valence-electron chi connectivity index (χ0n) is 17.3. The Morgan fingerprint density at radius 1 is 1.20 bits per heavy atom. The first-order chi connectivity index (χ1) is 14.3. The molecule has 8 heteroatoms. The second kappa shape index (κ2) is 9.13. The van der Waals surface area contributed by atoms with Gasteiger partial charge in [0.25, 0.3) is 5.91 Å². The fourth-order valence-electron chi connectivity index (χ4n) is 3.23. The molecule has 0 aliphatic carbocycles. The number of nitrogens with zero attached hydrogens (tertiary/aromatic N) is 2. The number of fused-ring (bicyclic) bond motifs is 1. The predicted octanol–water partition coefficient (Wildman–Crippen LogP) is 3.44. The summed E-state index contributed by atoms with van der Waals surface area (Å²) in [6.45, 7) is 2.10. The van der Waals surface area contributed by atoms with Crippen LogP contribution < -0.4 is 9.64 Å². The first-order valence-corrected chi connectivity index (χ1v) is 11.6. The lowest BCUT2D eigenvalue weighted by molar-refractivity contribution is -0.114. The third-order valence-electron chi connectivity index (χ3n) is 4.71. The standard InChI is InChI=1S/C22H25N3O4S/c1-16(22-19-10-4-5-11-20(19)23-24-22)14-21(26)25(12-7-13-30(3,27)28)17-8-6-9-18(15-17)29-2/h4-6,8-11,14-15H,7,12-13H2,1-3H3,(H,23,24)/b16-14-. The summed E-state index contributed by atoms with van der Waals surface area (Å²) in [6.07, 6.45) is 3.06. The van der Waals surface area contributed by atoms with Crippen LogP contribution in [0.2, 0.25) is 0 Å². The number of methoxy groups -OCH3 is 1. The molecule has 0 atom stereocenters. The van der Waals surface area contributed by atoms with Crippen LogP contribution in [0.5, 0.6) is 5.75 Å². The van der Waals surface area contributed by atoms with Gasteiger partial charge in [-0.15, -0.1) is 0 Å². The molecule has 0 spiro atoms. The van der Waals surface area contributed by atoms with Gasteiger partial charge in [0.05, 0.1) is 24.1 Å². The number of hydrogen-bond donors (Lipinski definition) is 1. The van der Waals surface area contributed by atoms with Crippen LogP contribution in [0.4, 0.5) is 5.69 Å². The molecular formula is C22H25N3O4S. The number of amides is 1. The molecule has 0 unspecified atom stereocenters. The van der Waals surface area contributed by atoms with Crippen LogP contribution >= 0.6 is 0 Å². The Kier molecular flexibility index (Phi) is 6.56. The van der Waals surface area contributed by atoms with Crippen LogP contribution in [-0.2, 0) is 14.6 Å². The number of sulfone groups is 1. The number of hydrogen-bond acceptors (Lipinski definition) is 5. The third kappa shape index (κ3) is 5.27. The summed E-state index contributed by atoms with van der Waals surface area (Å²) in [4.78, 5) is 14.7. The molecule has 7 nitrogen and oxygen atoms in total. The van der Waals surface area contributed by atoms with E-state index in [9.17, 15) is 13.2 Å². The van der Waals surface area contributed by atoms with Crippen molar-refractivity contribution < 1.29 is 17.9 Å². The molecule has 3 aromatic rings. The van der Waals surface area contributed by atoms with E-state index >= 15 is 0 Å². The molecule has 0 aliphatic heterocycles. The first-order valence-electron chi connectivity index (χ1n) is 9.53. The maximum atomic E-state index is 13.2. The predicted molar refractivity (Wildman–Crippen MR) is 119 cm³/mol. The number of anilines is 1. The van der Waals surface area contributed by atoms with Gasteiger partial charge in [-0.3, -0.25) is 9.89 Å². The van der Waals surface area contributed by atoms with Gasteiger partial charge in [0.2, 0.25) is 0 Å². The van der Waals surface area contributed by atoms with E-state index in [-0.39, 0.29) is 18.2 Å². The number of para-hydroxylation sites is 1. The van der Waals surface area contributed by atoms with Crippen LogP contribution in [0, 0.1) is 0 Å². The molecule has 0 radical (unpaired) electrons. The molecule has 1 amide bonds. The Morgan fingerprint density at radius 2 is 1.97 bits per heavy atom. The van der Waals surface area contributed by atoms with Crippen molar-refractivity contribution in [2.24, 2.45) is 0 Å². The largest absolute Gasteiger partial charge is 0.497 e. The highest BCUT2D eigenvalue weighted by Crippen LogP contribution is 2.25. The number of ether oxygens (including phenoxy) is 1. The zero-order chi connectivity index (χ0) is 21.7. The Labute approximate surface area is 176 Å². The first kappa shape index (κ1) is 21.6. The van der Waals surface area contributed by atoms with E-state index in [1.807, 2.05) is 31.2 Å². The number of H-pyrrole nitrogens is 1. The average molecular weight is 428 g/mol. The molecule has 3 rings (SSSR count). The number of aromatic nitrogens is 2. The third-order valence-corrected chi connectivity index (χ3v) is 5.74. The summed E-state index contributed by atoms with van der Waals surface area (Å²) >= 11 is 0. The molecule has 0 saturated carbocycles. The number of carbonyl (C=O) groups is 1. The Balaban J connectivity index is 1.91. The number of aromatic amines is 1. The normalized spacial score (nSPS) is 12.2. The van der Waals surface area contributed by atoms with Crippen molar-refractivity contribution in [3.63, 3.8) is 0 Å². The molecule has 1 N–H and O–H groups in total. The van der Waals surface area contributed by atoms with Crippen molar-refractivity contribution in [2.75, 3.05) is 30.6 Å². The quantitative estimate of drug-likeness (QED) is 0.556. The van der Waals surface area contributed by atoms with Crippen molar-refractivity contribution in [1.82, 2.24) is 10.2 Å². The lowest BCUT2D eigenvalue weighted by Gasteiger charge is -2.22. The van der Waals surface area contributed by atoms with Crippen LogP contribution in [0.25, 0.3) is 16.5 Å². The van der Waals surface area contributed by atoms with E-state index in [1.54, 1.807) is 36.3 Å². The second-order valence-electron chi connectivity index (χ2n) is 7.12. The van der Waals surface area contributed by atoms with E-state index in [2.05, 4.69) is 10.2 Å². The molecule has 0 bridgehead atoms. The maximum absolute atomic E-state index is 13.2. The van der Waals surface area contributed by atoms with Gasteiger partial charge in [0.1, 0.15) is 15.6 Å². The molecule has 1 aromatic heterocycles. The Hall–Kier alpha value is -3.13. The molecule has 2 aromatic carbocycles. The highest BCUT2D eigenvalue weighted by molar-refractivity contribution is 7.90.